The van der Waals surface area contributed by atoms with E-state index in [1.54, 1.807) is 6.20 Å². The summed E-state index contributed by atoms with van der Waals surface area (Å²) in [7, 11) is -1.12. The number of hydrogen-bond acceptors (Lipinski definition) is 5. The van der Waals surface area contributed by atoms with Crippen LogP contribution in [0.2, 0.25) is 25.7 Å². The van der Waals surface area contributed by atoms with Gasteiger partial charge in [-0.15, -0.1) is 11.3 Å². The van der Waals surface area contributed by atoms with Gasteiger partial charge in [0.05, 0.1) is 6.54 Å². The first-order valence-corrected chi connectivity index (χ1v) is 13.0. The van der Waals surface area contributed by atoms with Gasteiger partial charge in [-0.1, -0.05) is 19.6 Å². The third-order valence-corrected chi connectivity index (χ3v) is 6.73. The van der Waals surface area contributed by atoms with Gasteiger partial charge in [0.1, 0.15) is 17.4 Å². The molecule has 0 aromatic carbocycles. The predicted octanol–water partition coefficient (Wildman–Crippen LogP) is 3.36. The number of fused-ring (bicyclic) bond motifs is 1. The number of ether oxygens (including phenoxy) is 1. The van der Waals surface area contributed by atoms with Gasteiger partial charge in [0.15, 0.2) is 0 Å². The summed E-state index contributed by atoms with van der Waals surface area (Å²) in [6, 6.07) is 1.11. The van der Waals surface area contributed by atoms with E-state index in [0.29, 0.717) is 26.2 Å². The van der Waals surface area contributed by atoms with Crippen LogP contribution in [-0.2, 0) is 24.4 Å². The summed E-state index contributed by atoms with van der Waals surface area (Å²) >= 11 is 1.52. The van der Waals surface area contributed by atoms with Crippen molar-refractivity contribution in [1.82, 2.24) is 19.7 Å². The van der Waals surface area contributed by atoms with Crippen molar-refractivity contribution in [2.75, 3.05) is 13.2 Å². The number of thiazole rings is 1. The maximum absolute atomic E-state index is 11.3. The van der Waals surface area contributed by atoms with Gasteiger partial charge in [-0.05, 0) is 6.04 Å². The lowest BCUT2D eigenvalue weighted by Crippen LogP contribution is -2.35. The van der Waals surface area contributed by atoms with E-state index >= 15 is 0 Å². The highest BCUT2D eigenvalue weighted by molar-refractivity contribution is 7.13. The fraction of sp³-hybridized carbons (Fsp3) is 0.562. The highest BCUT2D eigenvalue weighted by Crippen LogP contribution is 2.31. The SMILES string of the molecule is C[Si](C)(C)CCOCn1nc(-c2nccs2)c2c1CCN(C(=O)O)C2. The Balaban J connectivity index is 1.80. The molecule has 2 aromatic rings. The minimum Gasteiger partial charge on any atom is -0.465 e. The van der Waals surface area contributed by atoms with E-state index in [1.807, 2.05) is 10.1 Å². The van der Waals surface area contributed by atoms with Gasteiger partial charge in [0.2, 0.25) is 0 Å². The van der Waals surface area contributed by atoms with E-state index in [1.165, 1.54) is 16.2 Å². The number of aromatic nitrogens is 3. The summed E-state index contributed by atoms with van der Waals surface area (Å²) < 4.78 is 7.74. The third kappa shape index (κ3) is 4.28. The molecule has 0 atom stereocenters. The maximum Gasteiger partial charge on any atom is 0.407 e. The highest BCUT2D eigenvalue weighted by atomic mass is 32.1. The lowest BCUT2D eigenvalue weighted by atomic mass is 10.1. The Bertz CT molecular complexity index is 739. The number of amides is 1. The largest absolute Gasteiger partial charge is 0.465 e. The number of nitrogens with zero attached hydrogens (tertiary/aromatic N) is 4. The summed E-state index contributed by atoms with van der Waals surface area (Å²) in [6.45, 7) is 8.96. The molecule has 3 heterocycles. The molecular weight excluding hydrogens is 356 g/mol. The molecule has 1 N–H and O–H groups in total. The Kier molecular flexibility index (Phi) is 5.26. The Morgan fingerprint density at radius 1 is 1.44 bits per heavy atom. The molecule has 0 saturated carbocycles. The van der Waals surface area contributed by atoms with Crippen molar-refractivity contribution in [2.45, 2.75) is 45.4 Å². The van der Waals surface area contributed by atoms with Crippen LogP contribution in [0.5, 0.6) is 0 Å². The Morgan fingerprint density at radius 3 is 2.88 bits per heavy atom. The fourth-order valence-electron chi connectivity index (χ4n) is 2.80. The monoisotopic (exact) mass is 380 g/mol. The maximum atomic E-state index is 11.3. The number of carboxylic acid groups (broad SMARTS) is 1. The summed E-state index contributed by atoms with van der Waals surface area (Å²) in [5.41, 5.74) is 2.80. The van der Waals surface area contributed by atoms with Crippen LogP contribution in [0.3, 0.4) is 0 Å². The minimum atomic E-state index is -1.12. The molecule has 0 fully saturated rings. The van der Waals surface area contributed by atoms with E-state index < -0.39 is 14.2 Å². The van der Waals surface area contributed by atoms with Crippen LogP contribution in [0, 0.1) is 0 Å². The summed E-state index contributed by atoms with van der Waals surface area (Å²) in [4.78, 5) is 17.1. The molecule has 0 unspecified atom stereocenters. The van der Waals surface area contributed by atoms with Crippen molar-refractivity contribution >= 4 is 25.5 Å². The van der Waals surface area contributed by atoms with Crippen molar-refractivity contribution in [3.63, 3.8) is 0 Å². The zero-order valence-electron chi connectivity index (χ0n) is 14.9. The average molecular weight is 381 g/mol. The average Bonchev–Trinajstić information content (AvgIpc) is 3.17. The zero-order chi connectivity index (χ0) is 18.0. The molecule has 0 spiro atoms. The van der Waals surface area contributed by atoms with E-state index in [-0.39, 0.29) is 0 Å². The van der Waals surface area contributed by atoms with Gasteiger partial charge in [-0.2, -0.15) is 5.10 Å². The molecule has 3 rings (SSSR count). The number of hydrogen-bond donors (Lipinski definition) is 1. The molecule has 0 radical (unpaired) electrons. The first-order valence-electron chi connectivity index (χ1n) is 8.39. The molecule has 1 amide bonds. The van der Waals surface area contributed by atoms with Gasteiger partial charge in [-0.25, -0.2) is 14.5 Å². The van der Waals surface area contributed by atoms with Gasteiger partial charge < -0.3 is 14.7 Å². The second-order valence-corrected chi connectivity index (χ2v) is 13.9. The number of carbonyl (C=O) groups is 1. The lowest BCUT2D eigenvalue weighted by Gasteiger charge is -2.25. The molecule has 0 aliphatic carbocycles. The Morgan fingerprint density at radius 2 is 2.24 bits per heavy atom. The fourth-order valence-corrected chi connectivity index (χ4v) is 4.21. The van der Waals surface area contributed by atoms with Crippen molar-refractivity contribution < 1.29 is 14.6 Å². The van der Waals surface area contributed by atoms with Crippen molar-refractivity contribution in [3.8, 4) is 10.7 Å². The van der Waals surface area contributed by atoms with E-state index in [0.717, 1.165) is 34.6 Å². The molecule has 1 aliphatic rings. The van der Waals surface area contributed by atoms with Crippen LogP contribution in [0.4, 0.5) is 4.79 Å². The smallest absolute Gasteiger partial charge is 0.407 e. The quantitative estimate of drug-likeness (QED) is 0.614. The lowest BCUT2D eigenvalue weighted by molar-refractivity contribution is 0.0753. The van der Waals surface area contributed by atoms with Crippen LogP contribution in [0.15, 0.2) is 11.6 Å². The molecule has 2 aromatic heterocycles. The standard InChI is InChI=1S/C16H24N4O3SSi/c1-25(2,3)9-7-23-11-20-13-4-6-19(16(21)22)10-12(13)14(18-20)15-17-5-8-24-15/h5,8H,4,6-7,9-11H2,1-3H3,(H,21,22). The first kappa shape index (κ1) is 18.1. The second-order valence-electron chi connectivity index (χ2n) is 7.41. The second kappa shape index (κ2) is 7.26. The van der Waals surface area contributed by atoms with Crippen LogP contribution in [0.1, 0.15) is 11.3 Å². The Hall–Kier alpha value is -1.71. The highest BCUT2D eigenvalue weighted by Gasteiger charge is 2.28. The predicted molar refractivity (Wildman–Crippen MR) is 99.6 cm³/mol. The van der Waals surface area contributed by atoms with E-state index in [2.05, 4.69) is 24.6 Å². The minimum absolute atomic E-state index is 0.356. The topological polar surface area (TPSA) is 80.5 Å². The normalized spacial score (nSPS) is 14.6. The van der Waals surface area contributed by atoms with Gasteiger partial charge in [0.25, 0.3) is 0 Å². The Labute approximate surface area is 152 Å². The third-order valence-electron chi connectivity index (χ3n) is 4.25. The van der Waals surface area contributed by atoms with Crippen LogP contribution in [0.25, 0.3) is 10.7 Å². The molecule has 9 heteroatoms. The summed E-state index contributed by atoms with van der Waals surface area (Å²) in [5.74, 6) is 0. The molecular formula is C16H24N4O3SSi. The number of rotatable bonds is 6. The molecule has 0 saturated heterocycles. The molecule has 0 bridgehead atoms. The van der Waals surface area contributed by atoms with Crippen LogP contribution < -0.4 is 0 Å². The molecule has 25 heavy (non-hydrogen) atoms. The summed E-state index contributed by atoms with van der Waals surface area (Å²) in [6.07, 6.45) is 1.50. The van der Waals surface area contributed by atoms with E-state index in [9.17, 15) is 9.90 Å². The molecule has 1 aliphatic heterocycles. The molecule has 136 valence electrons. The van der Waals surface area contributed by atoms with Gasteiger partial charge >= 0.3 is 6.09 Å². The van der Waals surface area contributed by atoms with Crippen molar-refractivity contribution in [3.05, 3.63) is 22.8 Å². The van der Waals surface area contributed by atoms with Gasteiger partial charge in [-0.3, -0.25) is 0 Å². The zero-order valence-corrected chi connectivity index (χ0v) is 16.7. The van der Waals surface area contributed by atoms with E-state index in [4.69, 9.17) is 9.84 Å². The van der Waals surface area contributed by atoms with Crippen molar-refractivity contribution in [1.29, 1.82) is 0 Å². The van der Waals surface area contributed by atoms with Gasteiger partial charge in [0, 0.05) is 50.5 Å². The first-order chi connectivity index (χ1) is 11.8. The van der Waals surface area contributed by atoms with Crippen molar-refractivity contribution in [2.24, 2.45) is 0 Å². The molecule has 7 nitrogen and oxygen atoms in total. The van der Waals surface area contributed by atoms with Crippen LogP contribution in [-0.4, -0.2) is 52.1 Å². The summed E-state index contributed by atoms with van der Waals surface area (Å²) in [5, 5.41) is 16.7. The van der Waals surface area contributed by atoms with Crippen LogP contribution >= 0.6 is 11.3 Å².